The molecule has 0 amide bonds. The second-order valence-electron chi connectivity index (χ2n) is 2.23. The molecule has 0 saturated heterocycles. The molecule has 0 aromatic heterocycles. The van der Waals surface area contributed by atoms with Crippen LogP contribution in [0.1, 0.15) is 20.3 Å². The van der Waals surface area contributed by atoms with Crippen molar-refractivity contribution in [2.24, 2.45) is 5.92 Å². The second-order valence-corrected chi connectivity index (χ2v) is 2.23. The van der Waals surface area contributed by atoms with Gasteiger partial charge in [-0.15, -0.1) is 0 Å². The molecule has 0 rings (SSSR count). The summed E-state index contributed by atoms with van der Waals surface area (Å²) in [5.41, 5.74) is 0. The number of hydrogen-bond acceptors (Lipinski definition) is 2. The highest BCUT2D eigenvalue weighted by molar-refractivity contribution is 4.56. The molecule has 0 saturated carbocycles. The van der Waals surface area contributed by atoms with Crippen LogP contribution >= 0.6 is 0 Å². The molecule has 0 aliphatic heterocycles. The highest BCUT2D eigenvalue weighted by Crippen LogP contribution is 2.05. The monoisotopic (exact) mass is 118 g/mol. The Balaban J connectivity index is 3.17. The van der Waals surface area contributed by atoms with E-state index in [1.165, 1.54) is 0 Å². The fraction of sp³-hybridized carbons (Fsp3) is 1.00. The minimum absolute atomic E-state index is 0.173. The van der Waals surface area contributed by atoms with Crippen molar-refractivity contribution in [3.63, 3.8) is 0 Å². The van der Waals surface area contributed by atoms with Crippen molar-refractivity contribution in [2.45, 2.75) is 26.4 Å². The van der Waals surface area contributed by atoms with Gasteiger partial charge in [-0.05, 0) is 19.3 Å². The highest BCUT2D eigenvalue weighted by Gasteiger charge is 2.05. The average molecular weight is 118 g/mol. The summed E-state index contributed by atoms with van der Waals surface area (Å²) in [7, 11) is 0. The number of aliphatic hydroxyl groups is 2. The molecular weight excluding hydrogens is 104 g/mol. The van der Waals surface area contributed by atoms with E-state index in [9.17, 15) is 0 Å². The molecule has 0 radical (unpaired) electrons. The first-order valence-corrected chi connectivity index (χ1v) is 2.97. The molecule has 2 heteroatoms. The van der Waals surface area contributed by atoms with Gasteiger partial charge in [0.2, 0.25) is 0 Å². The molecule has 0 heterocycles. The first kappa shape index (κ1) is 7.92. The summed E-state index contributed by atoms with van der Waals surface area (Å²) < 4.78 is 0. The standard InChI is InChI=1S/C6H14O2/c1-5(3-4-7)6(2)8/h5-8H,3-4H2,1-2H3/t5-,6?/m0/s1. The largest absolute Gasteiger partial charge is 0.396 e. The quantitative estimate of drug-likeness (QED) is 0.562. The first-order valence-electron chi connectivity index (χ1n) is 2.97. The number of aliphatic hydroxyl groups excluding tert-OH is 2. The van der Waals surface area contributed by atoms with E-state index in [2.05, 4.69) is 0 Å². The maximum absolute atomic E-state index is 8.84. The van der Waals surface area contributed by atoms with Crippen LogP contribution < -0.4 is 0 Å². The average Bonchev–Trinajstić information content (AvgIpc) is 1.67. The zero-order valence-corrected chi connectivity index (χ0v) is 5.46. The predicted molar refractivity (Wildman–Crippen MR) is 32.5 cm³/mol. The molecule has 1 unspecified atom stereocenters. The molecule has 0 fully saturated rings. The van der Waals surface area contributed by atoms with E-state index >= 15 is 0 Å². The van der Waals surface area contributed by atoms with Crippen molar-refractivity contribution < 1.29 is 10.2 Å². The molecule has 0 bridgehead atoms. The molecule has 50 valence electrons. The molecule has 2 nitrogen and oxygen atoms in total. The van der Waals surface area contributed by atoms with Crippen molar-refractivity contribution in [3.05, 3.63) is 0 Å². The van der Waals surface area contributed by atoms with Gasteiger partial charge in [0.05, 0.1) is 6.10 Å². The third kappa shape index (κ3) is 2.99. The summed E-state index contributed by atoms with van der Waals surface area (Å²) in [5.74, 6) is 0.222. The molecule has 0 aromatic carbocycles. The fourth-order valence-corrected chi connectivity index (χ4v) is 0.445. The van der Waals surface area contributed by atoms with Crippen molar-refractivity contribution in [3.8, 4) is 0 Å². The van der Waals surface area contributed by atoms with Gasteiger partial charge >= 0.3 is 0 Å². The van der Waals surface area contributed by atoms with Crippen LogP contribution in [0, 0.1) is 5.92 Å². The minimum atomic E-state index is -0.290. The maximum atomic E-state index is 8.84. The lowest BCUT2D eigenvalue weighted by Crippen LogP contribution is -2.13. The number of hydrogen-bond donors (Lipinski definition) is 2. The van der Waals surface area contributed by atoms with Crippen LogP contribution in [0.2, 0.25) is 0 Å². The third-order valence-corrected chi connectivity index (χ3v) is 1.41. The van der Waals surface area contributed by atoms with Crippen molar-refractivity contribution in [2.75, 3.05) is 6.61 Å². The van der Waals surface area contributed by atoms with Gasteiger partial charge in [-0.25, -0.2) is 0 Å². The lowest BCUT2D eigenvalue weighted by atomic mass is 10.0. The Morgan fingerprint density at radius 2 is 1.88 bits per heavy atom. The smallest absolute Gasteiger partial charge is 0.0538 e. The van der Waals surface area contributed by atoms with Crippen LogP contribution in [-0.2, 0) is 0 Å². The fourth-order valence-electron chi connectivity index (χ4n) is 0.445. The summed E-state index contributed by atoms with van der Waals surface area (Å²) in [5, 5.41) is 17.2. The summed E-state index contributed by atoms with van der Waals surface area (Å²) in [6.07, 6.45) is 0.402. The molecule has 0 aromatic rings. The second kappa shape index (κ2) is 3.87. The van der Waals surface area contributed by atoms with E-state index < -0.39 is 0 Å². The van der Waals surface area contributed by atoms with E-state index in [1.54, 1.807) is 6.92 Å². The van der Waals surface area contributed by atoms with Crippen molar-refractivity contribution in [1.29, 1.82) is 0 Å². The zero-order chi connectivity index (χ0) is 6.57. The van der Waals surface area contributed by atoms with E-state index in [4.69, 9.17) is 10.2 Å². The lowest BCUT2D eigenvalue weighted by Gasteiger charge is -2.11. The summed E-state index contributed by atoms with van der Waals surface area (Å²) in [4.78, 5) is 0. The van der Waals surface area contributed by atoms with Gasteiger partial charge in [0.1, 0.15) is 0 Å². The van der Waals surface area contributed by atoms with Gasteiger partial charge in [-0.3, -0.25) is 0 Å². The SMILES string of the molecule is CC(O)[C@@H](C)CCO. The Hall–Kier alpha value is -0.0800. The minimum Gasteiger partial charge on any atom is -0.396 e. The molecule has 2 N–H and O–H groups in total. The van der Waals surface area contributed by atoms with Gasteiger partial charge in [0, 0.05) is 6.61 Å². The van der Waals surface area contributed by atoms with Crippen LogP contribution in [0.5, 0.6) is 0 Å². The molecule has 2 atom stereocenters. The highest BCUT2D eigenvalue weighted by atomic mass is 16.3. The van der Waals surface area contributed by atoms with E-state index in [-0.39, 0.29) is 18.6 Å². The van der Waals surface area contributed by atoms with Crippen molar-refractivity contribution in [1.82, 2.24) is 0 Å². The maximum Gasteiger partial charge on any atom is 0.0538 e. The van der Waals surface area contributed by atoms with Crippen LogP contribution in [0.15, 0.2) is 0 Å². The third-order valence-electron chi connectivity index (χ3n) is 1.41. The summed E-state index contributed by atoms with van der Waals surface area (Å²) >= 11 is 0. The van der Waals surface area contributed by atoms with Crippen LogP contribution in [0.25, 0.3) is 0 Å². The summed E-state index contributed by atoms with van der Waals surface area (Å²) in [6, 6.07) is 0. The zero-order valence-electron chi connectivity index (χ0n) is 5.46. The van der Waals surface area contributed by atoms with Crippen LogP contribution in [-0.4, -0.2) is 22.9 Å². The Morgan fingerprint density at radius 3 is 2.00 bits per heavy atom. The normalized spacial score (nSPS) is 18.0. The predicted octanol–water partition coefficient (Wildman–Crippen LogP) is 0.386. The Labute approximate surface area is 50.2 Å². The van der Waals surface area contributed by atoms with Gasteiger partial charge in [0.15, 0.2) is 0 Å². The van der Waals surface area contributed by atoms with Gasteiger partial charge in [-0.1, -0.05) is 6.92 Å². The van der Waals surface area contributed by atoms with Gasteiger partial charge < -0.3 is 10.2 Å². The molecular formula is C6H14O2. The lowest BCUT2D eigenvalue weighted by molar-refractivity contribution is 0.115. The van der Waals surface area contributed by atoms with E-state index in [1.807, 2.05) is 6.92 Å². The molecule has 8 heavy (non-hydrogen) atoms. The number of rotatable bonds is 3. The Morgan fingerprint density at radius 1 is 1.38 bits per heavy atom. The van der Waals surface area contributed by atoms with Crippen LogP contribution in [0.3, 0.4) is 0 Å². The summed E-state index contributed by atoms with van der Waals surface area (Å²) in [6.45, 7) is 3.83. The molecule has 0 spiro atoms. The Kier molecular flexibility index (Phi) is 3.83. The Bertz CT molecular complexity index is 52.5. The first-order chi connectivity index (χ1) is 3.68. The topological polar surface area (TPSA) is 40.5 Å². The van der Waals surface area contributed by atoms with E-state index in [0.717, 1.165) is 0 Å². The van der Waals surface area contributed by atoms with Crippen LogP contribution in [0.4, 0.5) is 0 Å². The van der Waals surface area contributed by atoms with Gasteiger partial charge in [0.25, 0.3) is 0 Å². The molecule has 0 aliphatic carbocycles. The van der Waals surface area contributed by atoms with Gasteiger partial charge in [-0.2, -0.15) is 0 Å². The van der Waals surface area contributed by atoms with Crippen molar-refractivity contribution >= 4 is 0 Å². The molecule has 0 aliphatic rings. The van der Waals surface area contributed by atoms with E-state index in [0.29, 0.717) is 6.42 Å².